The van der Waals surface area contributed by atoms with Crippen LogP contribution in [0.25, 0.3) is 0 Å². The van der Waals surface area contributed by atoms with E-state index in [-0.39, 0.29) is 0 Å². The van der Waals surface area contributed by atoms with E-state index in [9.17, 15) is 0 Å². The zero-order valence-electron chi connectivity index (χ0n) is 11.6. The third-order valence-corrected chi connectivity index (χ3v) is 13.3. The highest BCUT2D eigenvalue weighted by Gasteiger charge is 2.42. The Morgan fingerprint density at radius 3 is 1.19 bits per heavy atom. The number of hydrogen-bond donors (Lipinski definition) is 0. The van der Waals surface area contributed by atoms with E-state index in [1.807, 2.05) is 0 Å². The van der Waals surface area contributed by atoms with Gasteiger partial charge in [0.1, 0.15) is 0 Å². The summed E-state index contributed by atoms with van der Waals surface area (Å²) in [5.74, 6) is 0. The average molecular weight is 258 g/mol. The topological polar surface area (TPSA) is 0 Å². The Morgan fingerprint density at radius 1 is 0.688 bits per heavy atom. The average Bonchev–Trinajstić information content (AvgIpc) is 2.71. The zero-order chi connectivity index (χ0) is 11.9. The van der Waals surface area contributed by atoms with Gasteiger partial charge in [0.2, 0.25) is 0 Å². The molecular formula is C14H28P2. The van der Waals surface area contributed by atoms with Crippen LogP contribution in [0.5, 0.6) is 0 Å². The Kier molecular flexibility index (Phi) is 4.35. The van der Waals surface area contributed by atoms with Crippen LogP contribution in [0.3, 0.4) is 0 Å². The fourth-order valence-electron chi connectivity index (χ4n) is 4.06. The van der Waals surface area contributed by atoms with Crippen molar-refractivity contribution >= 4 is 15.8 Å². The maximum Gasteiger partial charge on any atom is -0.00246 e. The molecule has 0 aliphatic carbocycles. The lowest BCUT2D eigenvalue weighted by Gasteiger charge is -2.37. The fourth-order valence-corrected chi connectivity index (χ4v) is 14.5. The molecule has 2 heterocycles. The molecule has 0 unspecified atom stereocenters. The summed E-state index contributed by atoms with van der Waals surface area (Å²) in [6, 6.07) is 0. The van der Waals surface area contributed by atoms with Crippen molar-refractivity contribution in [2.24, 2.45) is 0 Å². The van der Waals surface area contributed by atoms with Crippen LogP contribution in [0.4, 0.5) is 0 Å². The smallest absolute Gasteiger partial charge is 0.00246 e. The molecule has 2 aliphatic rings. The normalized spacial score (nSPS) is 42.4. The highest BCUT2D eigenvalue weighted by atomic mass is 31.2. The van der Waals surface area contributed by atoms with Gasteiger partial charge >= 0.3 is 0 Å². The summed E-state index contributed by atoms with van der Waals surface area (Å²) in [5, 5.41) is 1.09. The minimum atomic E-state index is 0.336. The molecule has 2 heteroatoms. The van der Waals surface area contributed by atoms with Crippen molar-refractivity contribution in [1.29, 1.82) is 0 Å². The van der Waals surface area contributed by atoms with Crippen LogP contribution in [-0.2, 0) is 0 Å². The van der Waals surface area contributed by atoms with Gasteiger partial charge in [0, 0.05) is 0 Å². The van der Waals surface area contributed by atoms with Crippen LogP contribution in [0.1, 0.15) is 60.3 Å². The van der Waals surface area contributed by atoms with Crippen molar-refractivity contribution < 1.29 is 0 Å². The molecule has 0 N–H and O–H groups in total. The SMILES string of the molecule is CC(P1[C@@H](C)CC[C@@H]1C)P1[C@@H](C)CC[C@@H]1C. The molecule has 16 heavy (non-hydrogen) atoms. The predicted octanol–water partition coefficient (Wildman–Crippen LogP) is 5.44. The summed E-state index contributed by atoms with van der Waals surface area (Å²) in [5.41, 5.74) is 4.23. The molecule has 0 aromatic heterocycles. The molecule has 2 saturated heterocycles. The minimum Gasteiger partial charge on any atom is -0.0936 e. The Balaban J connectivity index is 2.08. The van der Waals surface area contributed by atoms with Gasteiger partial charge in [-0.2, -0.15) is 0 Å². The first-order valence-corrected chi connectivity index (χ1v) is 10.2. The van der Waals surface area contributed by atoms with Crippen LogP contribution in [0.15, 0.2) is 0 Å². The molecule has 4 atom stereocenters. The summed E-state index contributed by atoms with van der Waals surface area (Å²) < 4.78 is 0. The van der Waals surface area contributed by atoms with Gasteiger partial charge < -0.3 is 0 Å². The number of hydrogen-bond acceptors (Lipinski definition) is 0. The van der Waals surface area contributed by atoms with Crippen molar-refractivity contribution in [3.8, 4) is 0 Å². The molecule has 0 saturated carbocycles. The molecule has 0 radical (unpaired) electrons. The fraction of sp³-hybridized carbons (Fsp3) is 1.00. The predicted molar refractivity (Wildman–Crippen MR) is 79.6 cm³/mol. The summed E-state index contributed by atoms with van der Waals surface area (Å²) >= 11 is 0. The molecule has 0 aromatic rings. The maximum absolute atomic E-state index is 2.62. The van der Waals surface area contributed by atoms with Crippen molar-refractivity contribution in [3.05, 3.63) is 0 Å². The van der Waals surface area contributed by atoms with Crippen molar-refractivity contribution in [3.63, 3.8) is 0 Å². The standard InChI is InChI=1S/C14H28P2/c1-10-6-7-11(2)15(10)14(5)16-12(3)8-9-13(16)4/h10-14H,6-9H2,1-5H3/t10-,11-,12-,13-/m0/s1. The third-order valence-electron chi connectivity index (χ3n) is 4.90. The van der Waals surface area contributed by atoms with Crippen molar-refractivity contribution in [2.45, 2.75) is 88.3 Å². The van der Waals surface area contributed by atoms with Crippen LogP contribution in [0, 0.1) is 0 Å². The van der Waals surface area contributed by atoms with E-state index in [2.05, 4.69) is 34.6 Å². The maximum atomic E-state index is 2.62. The first-order valence-electron chi connectivity index (χ1n) is 7.07. The van der Waals surface area contributed by atoms with Crippen LogP contribution in [0.2, 0.25) is 0 Å². The second-order valence-electron chi connectivity index (χ2n) is 6.08. The minimum absolute atomic E-state index is 0.336. The lowest BCUT2D eigenvalue weighted by Crippen LogP contribution is -2.14. The summed E-state index contributed by atoms with van der Waals surface area (Å²) in [6.45, 7) is 12.8. The first-order chi connectivity index (χ1) is 7.52. The second kappa shape index (κ2) is 5.24. The summed E-state index contributed by atoms with van der Waals surface area (Å²) in [4.78, 5) is 0. The highest BCUT2D eigenvalue weighted by Crippen LogP contribution is 2.72. The van der Waals surface area contributed by atoms with Gasteiger partial charge in [-0.05, 0) is 53.7 Å². The largest absolute Gasteiger partial charge is 0.0936 e. The van der Waals surface area contributed by atoms with Gasteiger partial charge in [0.05, 0.1) is 0 Å². The van der Waals surface area contributed by atoms with Crippen LogP contribution >= 0.6 is 15.8 Å². The quantitative estimate of drug-likeness (QED) is 0.579. The van der Waals surface area contributed by atoms with Crippen molar-refractivity contribution in [2.75, 3.05) is 0 Å². The Hall–Kier alpha value is 0.860. The van der Waals surface area contributed by atoms with Crippen molar-refractivity contribution in [1.82, 2.24) is 0 Å². The van der Waals surface area contributed by atoms with E-state index in [1.54, 1.807) is 0 Å². The monoisotopic (exact) mass is 258 g/mol. The lowest BCUT2D eigenvalue weighted by molar-refractivity contribution is 0.777. The van der Waals surface area contributed by atoms with Crippen LogP contribution < -0.4 is 0 Å². The van der Waals surface area contributed by atoms with E-state index in [0.29, 0.717) is 15.8 Å². The van der Waals surface area contributed by atoms with Gasteiger partial charge in [-0.3, -0.25) is 0 Å². The van der Waals surface area contributed by atoms with E-state index in [4.69, 9.17) is 0 Å². The molecular weight excluding hydrogens is 230 g/mol. The molecule has 2 aliphatic heterocycles. The molecule has 2 fully saturated rings. The first kappa shape index (κ1) is 13.3. The second-order valence-corrected chi connectivity index (χ2v) is 13.3. The molecule has 2 rings (SSSR count). The zero-order valence-corrected chi connectivity index (χ0v) is 13.4. The highest BCUT2D eigenvalue weighted by molar-refractivity contribution is 7.77. The van der Waals surface area contributed by atoms with Crippen LogP contribution in [-0.4, -0.2) is 28.0 Å². The Morgan fingerprint density at radius 2 is 0.938 bits per heavy atom. The molecule has 0 aromatic carbocycles. The Labute approximate surface area is 104 Å². The molecule has 0 spiro atoms. The van der Waals surface area contributed by atoms with Gasteiger partial charge in [-0.1, -0.05) is 50.5 Å². The van der Waals surface area contributed by atoms with E-state index in [1.165, 1.54) is 25.7 Å². The molecule has 0 amide bonds. The van der Waals surface area contributed by atoms with Gasteiger partial charge in [-0.15, -0.1) is 0 Å². The Bertz CT molecular complexity index is 197. The number of rotatable bonds is 2. The molecule has 0 bridgehead atoms. The van der Waals surface area contributed by atoms with E-state index < -0.39 is 0 Å². The molecule has 0 nitrogen and oxygen atoms in total. The lowest BCUT2D eigenvalue weighted by atomic mass is 10.2. The van der Waals surface area contributed by atoms with Gasteiger partial charge in [0.15, 0.2) is 0 Å². The van der Waals surface area contributed by atoms with Gasteiger partial charge in [0.25, 0.3) is 0 Å². The van der Waals surface area contributed by atoms with E-state index >= 15 is 0 Å². The van der Waals surface area contributed by atoms with E-state index in [0.717, 1.165) is 28.0 Å². The molecule has 94 valence electrons. The summed E-state index contributed by atoms with van der Waals surface area (Å²) in [7, 11) is 0.672. The van der Waals surface area contributed by atoms with Gasteiger partial charge in [-0.25, -0.2) is 0 Å². The third kappa shape index (κ3) is 2.35. The summed E-state index contributed by atoms with van der Waals surface area (Å²) in [6.07, 6.45) is 6.07.